The highest BCUT2D eigenvalue weighted by Gasteiger charge is 2.32. The molecule has 0 unspecified atom stereocenters. The quantitative estimate of drug-likeness (QED) is 0.268. The van der Waals surface area contributed by atoms with Gasteiger partial charge in [-0.3, -0.25) is 28.8 Å². The van der Waals surface area contributed by atoms with Gasteiger partial charge in [0, 0.05) is 25.6 Å². The Labute approximate surface area is 292 Å². The lowest BCUT2D eigenvalue weighted by Crippen LogP contribution is -2.59. The van der Waals surface area contributed by atoms with Crippen molar-refractivity contribution in [1.82, 2.24) is 31.5 Å². The van der Waals surface area contributed by atoms with Crippen LogP contribution in [0.3, 0.4) is 0 Å². The van der Waals surface area contributed by atoms with E-state index in [0.29, 0.717) is 17.5 Å². The molecule has 12 heteroatoms. The minimum absolute atomic E-state index is 0.143. The van der Waals surface area contributed by atoms with Crippen LogP contribution in [0.2, 0.25) is 0 Å². The van der Waals surface area contributed by atoms with E-state index in [2.05, 4.69) is 26.6 Å². The van der Waals surface area contributed by atoms with Crippen LogP contribution in [-0.2, 0) is 30.4 Å². The molecule has 4 rings (SSSR count). The minimum atomic E-state index is -1.07. The first-order valence-corrected chi connectivity index (χ1v) is 16.9. The summed E-state index contributed by atoms with van der Waals surface area (Å²) in [6.45, 7) is 4.89. The van der Waals surface area contributed by atoms with Gasteiger partial charge in [-0.2, -0.15) is 0 Å². The van der Waals surface area contributed by atoms with E-state index in [1.54, 1.807) is 26.0 Å². The molecule has 0 aromatic heterocycles. The summed E-state index contributed by atoms with van der Waals surface area (Å²) in [5, 5.41) is 13.8. The van der Waals surface area contributed by atoms with Gasteiger partial charge in [-0.1, -0.05) is 92.7 Å². The Morgan fingerprint density at radius 2 is 1.46 bits per heavy atom. The van der Waals surface area contributed by atoms with E-state index in [4.69, 9.17) is 0 Å². The van der Waals surface area contributed by atoms with Gasteiger partial charge in [0.2, 0.25) is 29.5 Å². The Morgan fingerprint density at radius 1 is 0.820 bits per heavy atom. The van der Waals surface area contributed by atoms with Gasteiger partial charge in [0.05, 0.1) is 6.54 Å². The predicted molar refractivity (Wildman–Crippen MR) is 189 cm³/mol. The standard InChI is InChI=1S/C38H46N6O6/c1-24(2)33-37(49)40-25(3)34(46)42-31(22-26-14-7-5-8-15-26)38(50)44(4)23-32(45)39-21-13-20-30(36(48)43-33)41-35(47)29-19-12-11-18-28(29)27-16-9-6-10-17-27/h5-12,14-19,24-25,30-31,33H,13,20-23H2,1-4H3,(H,39,45)(H,40,49)(H,41,47)(H,42,46)(H,43,48)/t25-,30+,31+,33-/m1/s1. The van der Waals surface area contributed by atoms with Gasteiger partial charge in [-0.15, -0.1) is 0 Å². The number of likely N-dealkylation sites (N-methyl/N-ethyl adjacent to an activating group) is 1. The molecule has 1 aliphatic heterocycles. The first-order chi connectivity index (χ1) is 23.9. The van der Waals surface area contributed by atoms with Gasteiger partial charge in [-0.05, 0) is 48.4 Å². The zero-order chi connectivity index (χ0) is 36.2. The molecule has 4 atom stereocenters. The lowest BCUT2D eigenvalue weighted by molar-refractivity contribution is -0.139. The number of nitrogens with one attached hydrogen (secondary N) is 5. The summed E-state index contributed by atoms with van der Waals surface area (Å²) in [7, 11) is 1.48. The summed E-state index contributed by atoms with van der Waals surface area (Å²) in [5.41, 5.74) is 2.70. The van der Waals surface area contributed by atoms with Gasteiger partial charge in [0.1, 0.15) is 24.2 Å². The first kappa shape index (κ1) is 37.3. The van der Waals surface area contributed by atoms with Crippen molar-refractivity contribution in [2.75, 3.05) is 20.1 Å². The lowest BCUT2D eigenvalue weighted by atomic mass is 9.98. The van der Waals surface area contributed by atoms with Gasteiger partial charge >= 0.3 is 0 Å². The molecule has 264 valence electrons. The van der Waals surface area contributed by atoms with Gasteiger partial charge in [0.15, 0.2) is 0 Å². The summed E-state index contributed by atoms with van der Waals surface area (Å²) in [6, 6.07) is 21.4. The highest BCUT2D eigenvalue weighted by Crippen LogP contribution is 2.23. The largest absolute Gasteiger partial charge is 0.355 e. The molecule has 1 aliphatic rings. The van der Waals surface area contributed by atoms with Crippen LogP contribution < -0.4 is 26.6 Å². The third kappa shape index (κ3) is 10.2. The number of carbonyl (C=O) groups excluding carboxylic acids is 6. The van der Waals surface area contributed by atoms with Crippen molar-refractivity contribution in [1.29, 1.82) is 0 Å². The van der Waals surface area contributed by atoms with Crippen molar-refractivity contribution in [2.45, 2.75) is 64.2 Å². The molecule has 50 heavy (non-hydrogen) atoms. The first-order valence-electron chi connectivity index (χ1n) is 16.9. The fraction of sp³-hybridized carbons (Fsp3) is 0.368. The Hall–Kier alpha value is -5.52. The number of carbonyl (C=O) groups is 6. The second-order valence-electron chi connectivity index (χ2n) is 12.8. The number of nitrogens with zero attached hydrogens (tertiary/aromatic N) is 1. The molecule has 0 aliphatic carbocycles. The van der Waals surface area contributed by atoms with Crippen LogP contribution in [0.4, 0.5) is 0 Å². The summed E-state index contributed by atoms with van der Waals surface area (Å²) >= 11 is 0. The average molecular weight is 683 g/mol. The Bertz CT molecular complexity index is 1660. The molecule has 0 saturated carbocycles. The molecule has 1 saturated heterocycles. The monoisotopic (exact) mass is 682 g/mol. The summed E-state index contributed by atoms with van der Waals surface area (Å²) in [4.78, 5) is 81.9. The number of benzene rings is 3. The molecule has 0 radical (unpaired) electrons. The molecule has 5 N–H and O–H groups in total. The van der Waals surface area contributed by atoms with Crippen LogP contribution in [0.15, 0.2) is 84.9 Å². The van der Waals surface area contributed by atoms with Crippen LogP contribution in [0.5, 0.6) is 0 Å². The lowest BCUT2D eigenvalue weighted by Gasteiger charge is -2.28. The normalized spacial score (nSPS) is 21.6. The average Bonchev–Trinajstić information content (AvgIpc) is 3.11. The topological polar surface area (TPSA) is 166 Å². The molecule has 6 amide bonds. The van der Waals surface area contributed by atoms with Crippen molar-refractivity contribution in [3.05, 3.63) is 96.1 Å². The van der Waals surface area contributed by atoms with Crippen molar-refractivity contribution in [3.63, 3.8) is 0 Å². The molecule has 3 aromatic carbocycles. The van der Waals surface area contributed by atoms with E-state index in [9.17, 15) is 28.8 Å². The maximum Gasteiger partial charge on any atom is 0.252 e. The number of rotatable bonds is 6. The SMILES string of the molecule is CC(C)[C@H]1NC(=O)[C@@H](NC(=O)c2ccccc2-c2ccccc2)CCCNC(=O)CN(C)C(=O)[C@H](Cc2ccccc2)NC(=O)[C@@H](C)NC1=O. The molecule has 12 nitrogen and oxygen atoms in total. The maximum atomic E-state index is 13.8. The third-order valence-corrected chi connectivity index (χ3v) is 8.52. The van der Waals surface area contributed by atoms with Crippen molar-refractivity contribution in [2.24, 2.45) is 5.92 Å². The molecular formula is C38H46N6O6. The predicted octanol–water partition coefficient (Wildman–Crippen LogP) is 2.19. The third-order valence-electron chi connectivity index (χ3n) is 8.52. The number of hydrogen-bond donors (Lipinski definition) is 5. The number of hydrogen-bond acceptors (Lipinski definition) is 6. The molecular weight excluding hydrogens is 636 g/mol. The molecule has 0 spiro atoms. The van der Waals surface area contributed by atoms with Crippen molar-refractivity contribution >= 4 is 35.4 Å². The van der Waals surface area contributed by atoms with Crippen LogP contribution in [0.1, 0.15) is 49.5 Å². The minimum Gasteiger partial charge on any atom is -0.355 e. The van der Waals surface area contributed by atoms with Crippen molar-refractivity contribution in [3.8, 4) is 11.1 Å². The second kappa shape index (κ2) is 17.8. The smallest absolute Gasteiger partial charge is 0.252 e. The highest BCUT2D eigenvalue weighted by atomic mass is 16.2. The van der Waals surface area contributed by atoms with Crippen LogP contribution >= 0.6 is 0 Å². The fourth-order valence-electron chi connectivity index (χ4n) is 5.71. The fourth-order valence-corrected chi connectivity index (χ4v) is 5.71. The summed E-state index contributed by atoms with van der Waals surface area (Å²) in [5.74, 6) is -3.53. The van der Waals surface area contributed by atoms with E-state index in [1.165, 1.54) is 18.9 Å². The van der Waals surface area contributed by atoms with Gasteiger partial charge in [-0.25, -0.2) is 0 Å². The Morgan fingerprint density at radius 3 is 2.14 bits per heavy atom. The zero-order valence-electron chi connectivity index (χ0n) is 28.9. The second-order valence-corrected chi connectivity index (χ2v) is 12.8. The van der Waals surface area contributed by atoms with Gasteiger partial charge in [0.25, 0.3) is 5.91 Å². The van der Waals surface area contributed by atoms with Crippen LogP contribution in [0.25, 0.3) is 11.1 Å². The van der Waals surface area contributed by atoms with Gasteiger partial charge < -0.3 is 31.5 Å². The molecule has 1 fully saturated rings. The van der Waals surface area contributed by atoms with E-state index >= 15 is 0 Å². The van der Waals surface area contributed by atoms with E-state index in [1.807, 2.05) is 72.8 Å². The molecule has 1 heterocycles. The van der Waals surface area contributed by atoms with E-state index < -0.39 is 59.6 Å². The summed E-state index contributed by atoms with van der Waals surface area (Å²) in [6.07, 6.45) is 0.626. The van der Waals surface area contributed by atoms with Crippen LogP contribution in [0, 0.1) is 5.92 Å². The zero-order valence-corrected chi connectivity index (χ0v) is 28.9. The Balaban J connectivity index is 1.57. The van der Waals surface area contributed by atoms with E-state index in [-0.39, 0.29) is 31.8 Å². The van der Waals surface area contributed by atoms with E-state index in [0.717, 1.165) is 11.1 Å². The molecule has 0 bridgehead atoms. The highest BCUT2D eigenvalue weighted by molar-refractivity contribution is 6.03. The van der Waals surface area contributed by atoms with Crippen molar-refractivity contribution < 1.29 is 28.8 Å². The van der Waals surface area contributed by atoms with Crippen LogP contribution in [-0.4, -0.2) is 84.6 Å². The summed E-state index contributed by atoms with van der Waals surface area (Å²) < 4.78 is 0. The number of amides is 6. The molecule has 3 aromatic rings. The Kier molecular flexibility index (Phi) is 13.2. The maximum absolute atomic E-state index is 13.8.